The number of nitrogens with two attached hydrogens (primary N) is 1. The van der Waals surface area contributed by atoms with Crippen LogP contribution in [0.2, 0.25) is 0 Å². The maximum atomic E-state index is 9.92. The van der Waals surface area contributed by atoms with Crippen LogP contribution in [-0.4, -0.2) is 17.1 Å². The van der Waals surface area contributed by atoms with E-state index in [0.29, 0.717) is 0 Å². The van der Waals surface area contributed by atoms with Crippen LogP contribution >= 0.6 is 0 Å². The van der Waals surface area contributed by atoms with Crippen LogP contribution in [0.25, 0.3) is 0 Å². The first-order valence-corrected chi connectivity index (χ1v) is 2.23. The molecule has 0 aliphatic carbocycles. The van der Waals surface area contributed by atoms with Gasteiger partial charge in [0.05, 0.1) is 6.07 Å². The van der Waals surface area contributed by atoms with E-state index in [-0.39, 0.29) is 0 Å². The average molecular weight is 126 g/mol. The van der Waals surface area contributed by atoms with Gasteiger partial charge in [0.1, 0.15) is 6.04 Å². The summed E-state index contributed by atoms with van der Waals surface area (Å²) >= 11 is 0. The highest BCUT2D eigenvalue weighted by molar-refractivity contribution is 5.75. The van der Waals surface area contributed by atoms with Gasteiger partial charge in [-0.15, -0.1) is 0 Å². The Labute approximate surface area is 52.2 Å². The fraction of sp³-hybridized carbons (Fsp3) is 0.200. The fourth-order valence-electron chi connectivity index (χ4n) is 0.229. The zero-order chi connectivity index (χ0) is 7.28. The normalized spacial score (nSPS) is 12.9. The Balaban J connectivity index is 3.80. The Morgan fingerprint density at radius 3 is 2.78 bits per heavy atom. The summed E-state index contributed by atoms with van der Waals surface area (Å²) in [7, 11) is 0. The highest BCUT2D eigenvalue weighted by atomic mass is 16.4. The quantitative estimate of drug-likeness (QED) is 0.487. The van der Waals surface area contributed by atoms with Crippen molar-refractivity contribution in [1.29, 1.82) is 5.26 Å². The van der Waals surface area contributed by atoms with Crippen molar-refractivity contribution in [3.8, 4) is 6.07 Å². The van der Waals surface area contributed by atoms with Crippen molar-refractivity contribution in [3.05, 3.63) is 12.2 Å². The molecule has 0 rings (SSSR count). The topological polar surface area (TPSA) is 87.1 Å². The first kappa shape index (κ1) is 7.66. The standard InChI is InChI=1S/C5H6N2O2/c6-3-1-2-4(7)5(8)9/h1-2,4H,7H2,(H,8,9)/b2-1-/t4-/m0/s1. The van der Waals surface area contributed by atoms with Crippen LogP contribution < -0.4 is 5.73 Å². The van der Waals surface area contributed by atoms with Crippen molar-refractivity contribution >= 4 is 5.97 Å². The highest BCUT2D eigenvalue weighted by Crippen LogP contribution is 1.79. The molecule has 0 aromatic rings. The van der Waals surface area contributed by atoms with E-state index in [1.807, 2.05) is 0 Å². The van der Waals surface area contributed by atoms with Gasteiger partial charge in [0.25, 0.3) is 0 Å². The lowest BCUT2D eigenvalue weighted by atomic mass is 10.3. The summed E-state index contributed by atoms with van der Waals surface area (Å²) in [6, 6.07) is 0.564. The zero-order valence-electron chi connectivity index (χ0n) is 4.61. The minimum atomic E-state index is -1.14. The van der Waals surface area contributed by atoms with Gasteiger partial charge in [-0.05, 0) is 6.08 Å². The molecule has 0 saturated carbocycles. The minimum Gasteiger partial charge on any atom is -0.480 e. The number of carbonyl (C=O) groups is 1. The maximum absolute atomic E-state index is 9.92. The molecule has 4 nitrogen and oxygen atoms in total. The maximum Gasteiger partial charge on any atom is 0.324 e. The smallest absolute Gasteiger partial charge is 0.324 e. The van der Waals surface area contributed by atoms with Crippen LogP contribution in [0.15, 0.2) is 12.2 Å². The lowest BCUT2D eigenvalue weighted by Gasteiger charge is -1.93. The highest BCUT2D eigenvalue weighted by Gasteiger charge is 2.04. The number of hydrogen-bond donors (Lipinski definition) is 2. The molecule has 9 heavy (non-hydrogen) atoms. The first-order chi connectivity index (χ1) is 4.18. The summed E-state index contributed by atoms with van der Waals surface area (Å²) < 4.78 is 0. The van der Waals surface area contributed by atoms with Gasteiger partial charge in [-0.2, -0.15) is 5.26 Å². The summed E-state index contributed by atoms with van der Waals surface area (Å²) in [6.45, 7) is 0. The third-order valence-corrected chi connectivity index (χ3v) is 0.663. The van der Waals surface area contributed by atoms with E-state index in [1.165, 1.54) is 0 Å². The molecule has 0 aliphatic rings. The van der Waals surface area contributed by atoms with Gasteiger partial charge in [0, 0.05) is 6.08 Å². The van der Waals surface area contributed by atoms with Crippen molar-refractivity contribution in [3.63, 3.8) is 0 Å². The largest absolute Gasteiger partial charge is 0.480 e. The van der Waals surface area contributed by atoms with Gasteiger partial charge in [-0.1, -0.05) is 0 Å². The molecule has 0 saturated heterocycles. The molecule has 0 amide bonds. The number of carboxylic acids is 1. The van der Waals surface area contributed by atoms with Gasteiger partial charge in [-0.25, -0.2) is 0 Å². The lowest BCUT2D eigenvalue weighted by molar-refractivity contribution is -0.137. The summed E-state index contributed by atoms with van der Waals surface area (Å²) in [5.41, 5.74) is 4.97. The number of allylic oxidation sites excluding steroid dienone is 1. The van der Waals surface area contributed by atoms with Crippen LogP contribution in [0.5, 0.6) is 0 Å². The van der Waals surface area contributed by atoms with Gasteiger partial charge >= 0.3 is 5.97 Å². The van der Waals surface area contributed by atoms with E-state index < -0.39 is 12.0 Å². The zero-order valence-corrected chi connectivity index (χ0v) is 4.61. The van der Waals surface area contributed by atoms with Crippen molar-refractivity contribution in [2.45, 2.75) is 6.04 Å². The van der Waals surface area contributed by atoms with E-state index in [9.17, 15) is 4.79 Å². The van der Waals surface area contributed by atoms with E-state index >= 15 is 0 Å². The molecule has 0 bridgehead atoms. The monoisotopic (exact) mass is 126 g/mol. The summed E-state index contributed by atoms with van der Waals surface area (Å²) in [5, 5.41) is 16.0. The molecule has 3 N–H and O–H groups in total. The molecule has 0 heterocycles. The minimum absolute atomic E-state index is 1.04. The molecular formula is C5H6N2O2. The van der Waals surface area contributed by atoms with Crippen LogP contribution in [0.3, 0.4) is 0 Å². The summed E-state index contributed by atoms with van der Waals surface area (Å²) in [5.74, 6) is -1.14. The molecule has 0 radical (unpaired) electrons. The van der Waals surface area contributed by atoms with Gasteiger partial charge < -0.3 is 10.8 Å². The third kappa shape index (κ3) is 3.26. The molecule has 0 aromatic heterocycles. The van der Waals surface area contributed by atoms with Crippen molar-refractivity contribution in [2.24, 2.45) is 5.73 Å². The Hall–Kier alpha value is -1.34. The first-order valence-electron chi connectivity index (χ1n) is 2.23. The van der Waals surface area contributed by atoms with Gasteiger partial charge in [-0.3, -0.25) is 4.79 Å². The molecule has 0 spiro atoms. The van der Waals surface area contributed by atoms with Crippen molar-refractivity contribution < 1.29 is 9.90 Å². The Kier molecular flexibility index (Phi) is 3.09. The number of rotatable bonds is 2. The summed E-state index contributed by atoms with van der Waals surface area (Å²) in [4.78, 5) is 9.92. The van der Waals surface area contributed by atoms with Crippen molar-refractivity contribution in [1.82, 2.24) is 0 Å². The molecule has 48 valence electrons. The molecule has 0 aliphatic heterocycles. The predicted octanol–water partition coefficient (Wildman–Crippen LogP) is -0.522. The van der Waals surface area contributed by atoms with Crippen LogP contribution in [0, 0.1) is 11.3 Å². The molecule has 0 unspecified atom stereocenters. The third-order valence-electron chi connectivity index (χ3n) is 0.663. The average Bonchev–Trinajstić information content (AvgIpc) is 1.82. The lowest BCUT2D eigenvalue weighted by Crippen LogP contribution is -2.27. The predicted molar refractivity (Wildman–Crippen MR) is 30.4 cm³/mol. The van der Waals surface area contributed by atoms with Crippen molar-refractivity contribution in [2.75, 3.05) is 0 Å². The Morgan fingerprint density at radius 1 is 1.89 bits per heavy atom. The Morgan fingerprint density at radius 2 is 2.44 bits per heavy atom. The van der Waals surface area contributed by atoms with Gasteiger partial charge in [0.15, 0.2) is 0 Å². The second-order valence-electron chi connectivity index (χ2n) is 1.35. The molecule has 0 aromatic carbocycles. The second kappa shape index (κ2) is 3.64. The molecular weight excluding hydrogens is 120 g/mol. The SMILES string of the molecule is N#C/C=C\[C@H](N)C(=O)O. The second-order valence-corrected chi connectivity index (χ2v) is 1.35. The fourth-order valence-corrected chi connectivity index (χ4v) is 0.229. The molecule has 0 fully saturated rings. The van der Waals surface area contributed by atoms with Crippen LogP contribution in [-0.2, 0) is 4.79 Å². The number of aliphatic carboxylic acids is 1. The summed E-state index contributed by atoms with van der Waals surface area (Å²) in [6.07, 6.45) is 2.15. The number of hydrogen-bond acceptors (Lipinski definition) is 3. The Bertz CT molecular complexity index is 168. The van der Waals surface area contributed by atoms with E-state index in [1.54, 1.807) is 6.07 Å². The molecule has 1 atom stereocenters. The molecule has 4 heteroatoms. The van der Waals surface area contributed by atoms with E-state index in [4.69, 9.17) is 16.1 Å². The number of nitriles is 1. The van der Waals surface area contributed by atoms with Gasteiger partial charge in [0.2, 0.25) is 0 Å². The number of carboxylic acid groups (broad SMARTS) is 1. The van der Waals surface area contributed by atoms with E-state index in [2.05, 4.69) is 0 Å². The van der Waals surface area contributed by atoms with Crippen LogP contribution in [0.1, 0.15) is 0 Å². The van der Waals surface area contributed by atoms with Crippen LogP contribution in [0.4, 0.5) is 0 Å². The number of nitrogens with zero attached hydrogens (tertiary/aromatic N) is 1. The van der Waals surface area contributed by atoms with E-state index in [0.717, 1.165) is 12.2 Å².